The molecule has 0 aliphatic heterocycles. The molecule has 6 aromatic carbocycles. The van der Waals surface area contributed by atoms with Gasteiger partial charge in [-0.2, -0.15) is 0 Å². The normalized spacial score (nSPS) is 11.3. The van der Waals surface area contributed by atoms with Crippen LogP contribution in [0.4, 0.5) is 0 Å². The zero-order valence-electron chi connectivity index (χ0n) is 24.1. The first kappa shape index (κ1) is 26.2. The molecule has 8 aromatic rings. The van der Waals surface area contributed by atoms with Gasteiger partial charge in [0.25, 0.3) is 0 Å². The Hall–Kier alpha value is -5.45. The number of rotatable bonds is 5. The lowest BCUT2D eigenvalue weighted by Gasteiger charge is -2.12. The van der Waals surface area contributed by atoms with E-state index < -0.39 is 0 Å². The summed E-state index contributed by atoms with van der Waals surface area (Å²) in [5.41, 5.74) is 8.99. The van der Waals surface area contributed by atoms with Gasteiger partial charge < -0.3 is 0 Å². The molecule has 0 fully saturated rings. The van der Waals surface area contributed by atoms with Crippen LogP contribution in [0.5, 0.6) is 0 Å². The van der Waals surface area contributed by atoms with Crippen molar-refractivity contribution in [3.63, 3.8) is 0 Å². The fraction of sp³-hybridized carbons (Fsp3) is 0.0250. The van der Waals surface area contributed by atoms with Gasteiger partial charge in [-0.05, 0) is 46.9 Å². The lowest BCUT2D eigenvalue weighted by molar-refractivity contribution is 1.08. The highest BCUT2D eigenvalue weighted by Gasteiger charge is 2.19. The molecule has 0 saturated carbocycles. The Morgan fingerprint density at radius 3 is 1.66 bits per heavy atom. The standard InChI is InChI=1S/C40H27N3S/c1-26-12-8-9-17-31(26)28-20-22-30(23-21-28)39-41-38(29-15-6-3-7-16-29)42-40(43-39)34-25-24-32(27-13-4-2-5-14-27)36-33-18-10-11-19-35(33)44-37(34)36/h2-25H,1H3. The molecule has 0 bridgehead atoms. The predicted molar refractivity (Wildman–Crippen MR) is 185 cm³/mol. The lowest BCUT2D eigenvalue weighted by atomic mass is 9.97. The smallest absolute Gasteiger partial charge is 0.165 e. The van der Waals surface area contributed by atoms with Crippen LogP contribution in [0, 0.1) is 6.92 Å². The quantitative estimate of drug-likeness (QED) is 0.203. The maximum absolute atomic E-state index is 5.13. The first-order valence-electron chi connectivity index (χ1n) is 14.7. The molecule has 0 amide bonds. The van der Waals surface area contributed by atoms with E-state index >= 15 is 0 Å². The topological polar surface area (TPSA) is 38.7 Å². The molecular formula is C40H27N3S. The average Bonchev–Trinajstić information content (AvgIpc) is 3.49. The minimum Gasteiger partial charge on any atom is -0.208 e. The van der Waals surface area contributed by atoms with Crippen molar-refractivity contribution in [2.24, 2.45) is 0 Å². The molecule has 2 aromatic heterocycles. The molecule has 0 unspecified atom stereocenters. The molecule has 0 atom stereocenters. The maximum atomic E-state index is 5.13. The second-order valence-corrected chi connectivity index (χ2v) is 11.9. The summed E-state index contributed by atoms with van der Waals surface area (Å²) in [6, 6.07) is 50.8. The number of hydrogen-bond donors (Lipinski definition) is 0. The molecule has 3 nitrogen and oxygen atoms in total. The molecule has 0 aliphatic carbocycles. The van der Waals surface area contributed by atoms with Crippen molar-refractivity contribution in [2.45, 2.75) is 6.92 Å². The van der Waals surface area contributed by atoms with Crippen LogP contribution in [0.25, 0.3) is 76.6 Å². The maximum Gasteiger partial charge on any atom is 0.165 e. The fourth-order valence-corrected chi connectivity index (χ4v) is 7.14. The second-order valence-electron chi connectivity index (χ2n) is 10.9. The van der Waals surface area contributed by atoms with Crippen LogP contribution in [-0.2, 0) is 0 Å². The number of hydrogen-bond acceptors (Lipinski definition) is 4. The van der Waals surface area contributed by atoms with E-state index in [0.717, 1.165) is 16.7 Å². The Bertz CT molecular complexity index is 2270. The van der Waals surface area contributed by atoms with Gasteiger partial charge in [0.1, 0.15) is 0 Å². The number of aryl methyl sites for hydroxylation is 1. The SMILES string of the molecule is Cc1ccccc1-c1ccc(-c2nc(-c3ccccc3)nc(-c3ccc(-c4ccccc4)c4c3sc3ccccc34)n2)cc1. The van der Waals surface area contributed by atoms with Gasteiger partial charge in [-0.3, -0.25) is 0 Å². The fourth-order valence-electron chi connectivity index (χ4n) is 5.90. The van der Waals surface area contributed by atoms with Crippen molar-refractivity contribution in [1.82, 2.24) is 15.0 Å². The Labute approximate surface area is 260 Å². The molecule has 0 radical (unpaired) electrons. The summed E-state index contributed by atoms with van der Waals surface area (Å²) >= 11 is 1.80. The van der Waals surface area contributed by atoms with Crippen LogP contribution >= 0.6 is 11.3 Å². The van der Waals surface area contributed by atoms with Crippen LogP contribution in [0.1, 0.15) is 5.56 Å². The third kappa shape index (κ3) is 4.66. The minimum atomic E-state index is 0.659. The highest BCUT2D eigenvalue weighted by molar-refractivity contribution is 7.26. The van der Waals surface area contributed by atoms with Gasteiger partial charge in [-0.1, -0.05) is 133 Å². The van der Waals surface area contributed by atoms with Gasteiger partial charge in [0.05, 0.1) is 0 Å². The molecule has 208 valence electrons. The molecular weight excluding hydrogens is 555 g/mol. The molecule has 2 heterocycles. The summed E-state index contributed by atoms with van der Waals surface area (Å²) in [6.07, 6.45) is 0. The lowest BCUT2D eigenvalue weighted by Crippen LogP contribution is -2.00. The van der Waals surface area contributed by atoms with Gasteiger partial charge in [-0.25, -0.2) is 15.0 Å². The van der Waals surface area contributed by atoms with Gasteiger partial charge in [0.2, 0.25) is 0 Å². The Morgan fingerprint density at radius 2 is 0.932 bits per heavy atom. The highest BCUT2D eigenvalue weighted by Crippen LogP contribution is 2.44. The van der Waals surface area contributed by atoms with Crippen molar-refractivity contribution in [3.05, 3.63) is 151 Å². The number of thiophene rings is 1. The summed E-state index contributed by atoms with van der Waals surface area (Å²) < 4.78 is 2.43. The van der Waals surface area contributed by atoms with Gasteiger partial charge >= 0.3 is 0 Å². The highest BCUT2D eigenvalue weighted by atomic mass is 32.1. The third-order valence-corrected chi connectivity index (χ3v) is 9.32. The average molecular weight is 582 g/mol. The predicted octanol–water partition coefficient (Wildman–Crippen LogP) is 10.9. The van der Waals surface area contributed by atoms with Crippen LogP contribution < -0.4 is 0 Å². The van der Waals surface area contributed by atoms with E-state index in [-0.39, 0.29) is 0 Å². The number of aromatic nitrogens is 3. The van der Waals surface area contributed by atoms with E-state index in [1.807, 2.05) is 18.2 Å². The van der Waals surface area contributed by atoms with E-state index in [2.05, 4.69) is 134 Å². The van der Waals surface area contributed by atoms with Crippen molar-refractivity contribution < 1.29 is 0 Å². The zero-order chi connectivity index (χ0) is 29.5. The molecule has 8 rings (SSSR count). The molecule has 4 heteroatoms. The summed E-state index contributed by atoms with van der Waals surface area (Å²) in [5, 5.41) is 2.48. The van der Waals surface area contributed by atoms with Crippen molar-refractivity contribution in [3.8, 4) is 56.4 Å². The van der Waals surface area contributed by atoms with E-state index in [1.165, 1.54) is 48.0 Å². The number of fused-ring (bicyclic) bond motifs is 3. The monoisotopic (exact) mass is 581 g/mol. The summed E-state index contributed by atoms with van der Waals surface area (Å²) in [7, 11) is 0. The van der Waals surface area contributed by atoms with Gasteiger partial charge in [0, 0.05) is 36.9 Å². The Kier molecular flexibility index (Phi) is 6.55. The zero-order valence-corrected chi connectivity index (χ0v) is 24.9. The van der Waals surface area contributed by atoms with Crippen molar-refractivity contribution in [2.75, 3.05) is 0 Å². The number of benzene rings is 6. The second kappa shape index (κ2) is 11.0. The van der Waals surface area contributed by atoms with Crippen LogP contribution in [0.15, 0.2) is 146 Å². The van der Waals surface area contributed by atoms with Gasteiger partial charge in [-0.15, -0.1) is 11.3 Å². The first-order valence-corrected chi connectivity index (χ1v) is 15.5. The Morgan fingerprint density at radius 1 is 0.409 bits per heavy atom. The molecule has 0 spiro atoms. The van der Waals surface area contributed by atoms with Crippen LogP contribution in [0.3, 0.4) is 0 Å². The van der Waals surface area contributed by atoms with E-state index in [0.29, 0.717) is 17.5 Å². The van der Waals surface area contributed by atoms with Crippen molar-refractivity contribution in [1.29, 1.82) is 0 Å². The van der Waals surface area contributed by atoms with Crippen molar-refractivity contribution >= 4 is 31.5 Å². The van der Waals surface area contributed by atoms with E-state index in [4.69, 9.17) is 15.0 Å². The molecule has 0 saturated heterocycles. The van der Waals surface area contributed by atoms with Crippen LogP contribution in [0.2, 0.25) is 0 Å². The summed E-state index contributed by atoms with van der Waals surface area (Å²) in [5.74, 6) is 1.99. The molecule has 44 heavy (non-hydrogen) atoms. The van der Waals surface area contributed by atoms with Gasteiger partial charge in [0.15, 0.2) is 17.5 Å². The molecule has 0 N–H and O–H groups in total. The number of nitrogens with zero attached hydrogens (tertiary/aromatic N) is 3. The molecule has 0 aliphatic rings. The Balaban J connectivity index is 1.34. The van der Waals surface area contributed by atoms with E-state index in [9.17, 15) is 0 Å². The first-order chi connectivity index (χ1) is 21.7. The van der Waals surface area contributed by atoms with Crippen LogP contribution in [-0.4, -0.2) is 15.0 Å². The largest absolute Gasteiger partial charge is 0.208 e. The summed E-state index contributed by atoms with van der Waals surface area (Å²) in [4.78, 5) is 15.2. The summed E-state index contributed by atoms with van der Waals surface area (Å²) in [6.45, 7) is 2.14. The third-order valence-electron chi connectivity index (χ3n) is 8.12. The minimum absolute atomic E-state index is 0.659. The van der Waals surface area contributed by atoms with E-state index in [1.54, 1.807) is 11.3 Å².